The van der Waals surface area contributed by atoms with Crippen LogP contribution in [0.2, 0.25) is 0 Å². The summed E-state index contributed by atoms with van der Waals surface area (Å²) in [6.07, 6.45) is 0.374. The van der Waals surface area contributed by atoms with Gasteiger partial charge in [0.05, 0.1) is 11.8 Å². The third-order valence-corrected chi connectivity index (χ3v) is 3.87. The minimum absolute atomic E-state index is 0.0871. The van der Waals surface area contributed by atoms with Crippen LogP contribution in [0, 0.1) is 11.8 Å². The van der Waals surface area contributed by atoms with Crippen LogP contribution in [0.3, 0.4) is 0 Å². The summed E-state index contributed by atoms with van der Waals surface area (Å²) in [6, 6.07) is 6.72. The van der Waals surface area contributed by atoms with Crippen molar-refractivity contribution in [1.29, 1.82) is 0 Å². The van der Waals surface area contributed by atoms with E-state index in [2.05, 4.69) is 5.32 Å². The van der Waals surface area contributed by atoms with Gasteiger partial charge < -0.3 is 15.3 Å². The van der Waals surface area contributed by atoms with Crippen LogP contribution in [0.5, 0.6) is 0 Å². The minimum Gasteiger partial charge on any atom is -0.481 e. The number of hydrogen-bond donors (Lipinski definition) is 2. The first kappa shape index (κ1) is 16.0. The zero-order chi connectivity index (χ0) is 16.3. The highest BCUT2D eigenvalue weighted by Crippen LogP contribution is 2.39. The van der Waals surface area contributed by atoms with Crippen LogP contribution in [-0.4, -0.2) is 40.9 Å². The molecule has 1 fully saturated rings. The van der Waals surface area contributed by atoms with Gasteiger partial charge in [0.15, 0.2) is 0 Å². The molecule has 1 aromatic rings. The highest BCUT2D eigenvalue weighted by Gasteiger charge is 2.48. The molecule has 0 aliphatic heterocycles. The van der Waals surface area contributed by atoms with Gasteiger partial charge in [0.1, 0.15) is 0 Å². The van der Waals surface area contributed by atoms with Gasteiger partial charge in [0.2, 0.25) is 5.91 Å². The van der Waals surface area contributed by atoms with Crippen LogP contribution in [0.15, 0.2) is 24.3 Å². The highest BCUT2D eigenvalue weighted by molar-refractivity contribution is 6.00. The van der Waals surface area contributed by atoms with Crippen molar-refractivity contribution in [3.63, 3.8) is 0 Å². The Bertz CT molecular complexity index is 596. The van der Waals surface area contributed by atoms with E-state index in [9.17, 15) is 14.4 Å². The molecule has 0 saturated heterocycles. The average Bonchev–Trinajstić information content (AvgIpc) is 3.29. The number of carboxylic acid groups (broad SMARTS) is 1. The van der Waals surface area contributed by atoms with Gasteiger partial charge in [-0.25, -0.2) is 0 Å². The van der Waals surface area contributed by atoms with Crippen LogP contribution in [-0.2, 0) is 9.59 Å². The molecule has 6 nitrogen and oxygen atoms in total. The van der Waals surface area contributed by atoms with E-state index in [1.165, 1.54) is 0 Å². The molecule has 2 N–H and O–H groups in total. The SMILES string of the molecule is CCN(CC)C(=O)c1cccc(NC(=O)C2CC2C(=O)O)c1. The third-order valence-electron chi connectivity index (χ3n) is 3.87. The number of nitrogens with one attached hydrogen (secondary N) is 1. The minimum atomic E-state index is -0.939. The van der Waals surface area contributed by atoms with Gasteiger partial charge in [-0.15, -0.1) is 0 Å². The number of aliphatic carboxylic acids is 1. The van der Waals surface area contributed by atoms with Gasteiger partial charge >= 0.3 is 5.97 Å². The van der Waals surface area contributed by atoms with Gasteiger partial charge in [0.25, 0.3) is 5.91 Å². The van der Waals surface area contributed by atoms with Gasteiger partial charge in [-0.3, -0.25) is 14.4 Å². The predicted molar refractivity (Wildman–Crippen MR) is 81.6 cm³/mol. The van der Waals surface area contributed by atoms with Gasteiger partial charge in [0, 0.05) is 24.3 Å². The van der Waals surface area contributed by atoms with Crippen molar-refractivity contribution in [2.45, 2.75) is 20.3 Å². The van der Waals surface area contributed by atoms with Gasteiger partial charge in [-0.1, -0.05) is 6.07 Å². The van der Waals surface area contributed by atoms with E-state index in [-0.39, 0.29) is 11.8 Å². The lowest BCUT2D eigenvalue weighted by Gasteiger charge is -2.19. The quantitative estimate of drug-likeness (QED) is 0.839. The second kappa shape index (κ2) is 6.60. The maximum Gasteiger partial charge on any atom is 0.307 e. The Morgan fingerprint density at radius 2 is 1.91 bits per heavy atom. The summed E-state index contributed by atoms with van der Waals surface area (Å²) in [5, 5.41) is 11.5. The predicted octanol–water partition coefficient (Wildman–Crippen LogP) is 1.83. The number of anilines is 1. The molecule has 2 unspecified atom stereocenters. The first-order valence-electron chi connectivity index (χ1n) is 7.40. The Morgan fingerprint density at radius 1 is 1.23 bits per heavy atom. The van der Waals surface area contributed by atoms with E-state index >= 15 is 0 Å². The smallest absolute Gasteiger partial charge is 0.307 e. The lowest BCUT2D eigenvalue weighted by Crippen LogP contribution is -2.30. The number of amides is 2. The summed E-state index contributed by atoms with van der Waals surface area (Å²) in [6.45, 7) is 5.06. The molecule has 22 heavy (non-hydrogen) atoms. The summed E-state index contributed by atoms with van der Waals surface area (Å²) in [4.78, 5) is 36.7. The lowest BCUT2D eigenvalue weighted by molar-refractivity contribution is -0.139. The Balaban J connectivity index is 2.04. The summed E-state index contributed by atoms with van der Waals surface area (Å²) >= 11 is 0. The fourth-order valence-corrected chi connectivity index (χ4v) is 2.42. The van der Waals surface area contributed by atoms with Crippen molar-refractivity contribution in [2.75, 3.05) is 18.4 Å². The molecule has 2 atom stereocenters. The van der Waals surface area contributed by atoms with Crippen LogP contribution in [0.1, 0.15) is 30.6 Å². The maximum atomic E-state index is 12.3. The molecule has 1 saturated carbocycles. The zero-order valence-electron chi connectivity index (χ0n) is 12.7. The molecule has 0 aromatic heterocycles. The number of carbonyl (C=O) groups is 3. The van der Waals surface area contributed by atoms with Crippen LogP contribution >= 0.6 is 0 Å². The third kappa shape index (κ3) is 3.44. The van der Waals surface area contributed by atoms with E-state index in [1.807, 2.05) is 13.8 Å². The Labute approximate surface area is 129 Å². The molecular formula is C16H20N2O4. The van der Waals surface area contributed by atoms with E-state index < -0.39 is 17.8 Å². The Hall–Kier alpha value is -2.37. The first-order chi connectivity index (χ1) is 10.5. The fraction of sp³-hybridized carbons (Fsp3) is 0.438. The molecular weight excluding hydrogens is 284 g/mol. The van der Waals surface area contributed by atoms with Gasteiger partial charge in [-0.2, -0.15) is 0 Å². The molecule has 2 amide bonds. The molecule has 1 aromatic carbocycles. The molecule has 0 heterocycles. The van der Waals surface area contributed by atoms with Crippen LogP contribution in [0.4, 0.5) is 5.69 Å². The number of carbonyl (C=O) groups excluding carboxylic acids is 2. The number of nitrogens with zero attached hydrogens (tertiary/aromatic N) is 1. The standard InChI is InChI=1S/C16H20N2O4/c1-3-18(4-2)15(20)10-6-5-7-11(8-10)17-14(19)12-9-13(12)16(21)22/h5-8,12-13H,3-4,9H2,1-2H3,(H,17,19)(H,21,22). The maximum absolute atomic E-state index is 12.3. The first-order valence-corrected chi connectivity index (χ1v) is 7.40. The normalized spacial score (nSPS) is 19.4. The second-order valence-corrected chi connectivity index (χ2v) is 5.33. The molecule has 118 valence electrons. The summed E-state index contributed by atoms with van der Waals surface area (Å²) in [5.41, 5.74) is 1.02. The second-order valence-electron chi connectivity index (χ2n) is 5.33. The number of carboxylic acids is 1. The summed E-state index contributed by atoms with van der Waals surface area (Å²) in [7, 11) is 0. The monoisotopic (exact) mass is 304 g/mol. The molecule has 2 rings (SSSR count). The molecule has 0 spiro atoms. The molecule has 0 bridgehead atoms. The molecule has 6 heteroatoms. The van der Waals surface area contributed by atoms with Crippen molar-refractivity contribution in [2.24, 2.45) is 11.8 Å². The van der Waals surface area contributed by atoms with E-state index in [0.717, 1.165) is 0 Å². The zero-order valence-corrected chi connectivity index (χ0v) is 12.7. The van der Waals surface area contributed by atoms with Crippen molar-refractivity contribution < 1.29 is 19.5 Å². The molecule has 0 radical (unpaired) electrons. The highest BCUT2D eigenvalue weighted by atomic mass is 16.4. The largest absolute Gasteiger partial charge is 0.481 e. The van der Waals surface area contributed by atoms with Crippen LogP contribution in [0.25, 0.3) is 0 Å². The van der Waals surface area contributed by atoms with Gasteiger partial charge in [-0.05, 0) is 38.5 Å². The van der Waals surface area contributed by atoms with Crippen molar-refractivity contribution in [3.8, 4) is 0 Å². The fourth-order valence-electron chi connectivity index (χ4n) is 2.42. The topological polar surface area (TPSA) is 86.7 Å². The van der Waals surface area contributed by atoms with E-state index in [1.54, 1.807) is 29.2 Å². The van der Waals surface area contributed by atoms with E-state index in [0.29, 0.717) is 30.8 Å². The van der Waals surface area contributed by atoms with Crippen molar-refractivity contribution >= 4 is 23.5 Å². The van der Waals surface area contributed by atoms with Crippen LogP contribution < -0.4 is 5.32 Å². The lowest BCUT2D eigenvalue weighted by atomic mass is 10.1. The number of rotatable bonds is 6. The average molecular weight is 304 g/mol. The van der Waals surface area contributed by atoms with Crippen molar-refractivity contribution in [1.82, 2.24) is 4.90 Å². The number of benzene rings is 1. The summed E-state index contributed by atoms with van der Waals surface area (Å²) < 4.78 is 0. The molecule has 1 aliphatic carbocycles. The molecule has 1 aliphatic rings. The van der Waals surface area contributed by atoms with Crippen molar-refractivity contribution in [3.05, 3.63) is 29.8 Å². The number of hydrogen-bond acceptors (Lipinski definition) is 3. The van der Waals surface area contributed by atoms with E-state index in [4.69, 9.17) is 5.11 Å². The summed E-state index contributed by atoms with van der Waals surface area (Å²) in [5.74, 6) is -2.39. The Morgan fingerprint density at radius 3 is 2.45 bits per heavy atom. The Kier molecular flexibility index (Phi) is 4.80.